The molecule has 0 saturated heterocycles. The summed E-state index contributed by atoms with van der Waals surface area (Å²) in [4.78, 5) is 16.3. The molecule has 1 aromatic heterocycles. The third-order valence-electron chi connectivity index (χ3n) is 3.53. The summed E-state index contributed by atoms with van der Waals surface area (Å²) in [6.07, 6.45) is 4.18. The van der Waals surface area contributed by atoms with Crippen LogP contribution in [0.15, 0.2) is 67.0 Å². The Morgan fingerprint density at radius 2 is 1.85 bits per heavy atom. The first-order valence-electron chi connectivity index (χ1n) is 7.82. The van der Waals surface area contributed by atoms with E-state index in [9.17, 15) is 13.2 Å². The number of carbonyl (C=O) groups excluding carboxylic acids is 1. The van der Waals surface area contributed by atoms with Gasteiger partial charge >= 0.3 is 0 Å². The van der Waals surface area contributed by atoms with Crippen LogP contribution in [0.5, 0.6) is 11.5 Å². The van der Waals surface area contributed by atoms with Crippen LogP contribution in [0.2, 0.25) is 5.02 Å². The van der Waals surface area contributed by atoms with Gasteiger partial charge in [-0.25, -0.2) is 13.1 Å². The van der Waals surface area contributed by atoms with Crippen molar-refractivity contribution in [3.63, 3.8) is 0 Å². The molecule has 0 aliphatic rings. The Bertz CT molecular complexity index is 1070. The highest BCUT2D eigenvalue weighted by molar-refractivity contribution is 7.89. The van der Waals surface area contributed by atoms with Gasteiger partial charge in [-0.2, -0.15) is 0 Å². The monoisotopic (exact) mass is 402 g/mol. The van der Waals surface area contributed by atoms with Gasteiger partial charge in [0.1, 0.15) is 11.5 Å². The highest BCUT2D eigenvalue weighted by atomic mass is 35.5. The van der Waals surface area contributed by atoms with Gasteiger partial charge < -0.3 is 4.74 Å². The van der Waals surface area contributed by atoms with E-state index in [2.05, 4.69) is 4.98 Å². The van der Waals surface area contributed by atoms with Crippen LogP contribution in [0, 0.1) is 0 Å². The van der Waals surface area contributed by atoms with Crippen molar-refractivity contribution in [2.45, 2.75) is 0 Å². The summed E-state index contributed by atoms with van der Waals surface area (Å²) in [5.41, 5.74) is 1.50. The van der Waals surface area contributed by atoms with Gasteiger partial charge in [-0.3, -0.25) is 9.78 Å². The maximum Gasteiger partial charge on any atom is 0.264 e. The van der Waals surface area contributed by atoms with Crippen LogP contribution in [0.3, 0.4) is 0 Å². The molecule has 1 amide bonds. The Morgan fingerprint density at radius 1 is 1.11 bits per heavy atom. The number of carbonyl (C=O) groups is 1. The van der Waals surface area contributed by atoms with Crippen LogP contribution >= 0.6 is 11.6 Å². The van der Waals surface area contributed by atoms with Gasteiger partial charge in [-0.05, 0) is 48.5 Å². The predicted octanol–water partition coefficient (Wildman–Crippen LogP) is 3.88. The Hall–Kier alpha value is -2.90. The summed E-state index contributed by atoms with van der Waals surface area (Å²) >= 11 is 5.89. The smallest absolute Gasteiger partial charge is 0.264 e. The number of halogens is 1. The number of rotatable bonds is 5. The van der Waals surface area contributed by atoms with E-state index in [1.165, 1.54) is 6.07 Å². The molecule has 0 spiro atoms. The number of nitrogens with one attached hydrogen (secondary N) is 1. The molecule has 1 N–H and O–H groups in total. The lowest BCUT2D eigenvalue weighted by Crippen LogP contribution is -2.29. The lowest BCUT2D eigenvalue weighted by molar-refractivity contribution is 0.0981. The van der Waals surface area contributed by atoms with E-state index < -0.39 is 15.9 Å². The molecule has 27 heavy (non-hydrogen) atoms. The number of nitrogens with zero attached hydrogens (tertiary/aromatic N) is 1. The lowest BCUT2D eigenvalue weighted by atomic mass is 10.0. The van der Waals surface area contributed by atoms with E-state index in [0.717, 1.165) is 11.8 Å². The highest BCUT2D eigenvalue weighted by Crippen LogP contribution is 2.34. The average Bonchev–Trinajstić information content (AvgIpc) is 2.63. The largest absolute Gasteiger partial charge is 0.457 e. The minimum atomic E-state index is -3.67. The topological polar surface area (TPSA) is 85.4 Å². The first-order chi connectivity index (χ1) is 12.8. The number of pyridine rings is 1. The van der Waals surface area contributed by atoms with E-state index in [-0.39, 0.29) is 5.56 Å². The second-order valence-electron chi connectivity index (χ2n) is 5.71. The predicted molar refractivity (Wildman–Crippen MR) is 104 cm³/mol. The number of aromatic nitrogens is 1. The van der Waals surface area contributed by atoms with Crippen LogP contribution in [-0.4, -0.2) is 25.6 Å². The molecule has 1 heterocycles. The molecular formula is C19H15ClN2O4S. The molecule has 0 saturated carbocycles. The van der Waals surface area contributed by atoms with Crippen LogP contribution in [0.25, 0.3) is 11.1 Å². The van der Waals surface area contributed by atoms with Crippen molar-refractivity contribution in [2.75, 3.05) is 6.26 Å². The summed E-state index contributed by atoms with van der Waals surface area (Å²) in [5, 5.41) is 0.586. The third kappa shape index (κ3) is 5.06. The molecule has 0 fully saturated rings. The van der Waals surface area contributed by atoms with Gasteiger partial charge in [0.05, 0.1) is 6.26 Å². The van der Waals surface area contributed by atoms with Crippen molar-refractivity contribution in [2.24, 2.45) is 0 Å². The van der Waals surface area contributed by atoms with Crippen LogP contribution in [0.1, 0.15) is 10.4 Å². The van der Waals surface area contributed by atoms with Gasteiger partial charge in [-0.1, -0.05) is 17.7 Å². The Labute approximate surface area is 161 Å². The quantitative estimate of drug-likeness (QED) is 0.699. The van der Waals surface area contributed by atoms with E-state index in [1.807, 2.05) is 10.8 Å². The standard InChI is InChI=1S/C19H15ClN2O4S/c1-27(24,25)22-19(23)13-4-9-18(26-16-7-5-15(20)6-8-16)17(11-13)14-3-2-10-21-12-14/h2-12H,1H3,(H,22,23). The molecule has 3 aromatic rings. The van der Waals surface area contributed by atoms with Crippen molar-refractivity contribution < 1.29 is 17.9 Å². The van der Waals surface area contributed by atoms with Crippen molar-refractivity contribution in [1.82, 2.24) is 9.71 Å². The van der Waals surface area contributed by atoms with E-state index in [1.54, 1.807) is 54.9 Å². The molecule has 2 aromatic carbocycles. The van der Waals surface area contributed by atoms with E-state index in [0.29, 0.717) is 22.1 Å². The molecule has 0 unspecified atom stereocenters. The second-order valence-corrected chi connectivity index (χ2v) is 7.90. The number of hydrogen-bond acceptors (Lipinski definition) is 5. The summed E-state index contributed by atoms with van der Waals surface area (Å²) in [5.74, 6) is 0.333. The lowest BCUT2D eigenvalue weighted by Gasteiger charge is -2.13. The Morgan fingerprint density at radius 3 is 2.48 bits per heavy atom. The molecule has 0 aliphatic carbocycles. The minimum absolute atomic E-state index is 0.183. The summed E-state index contributed by atoms with van der Waals surface area (Å²) in [6, 6.07) is 15.1. The van der Waals surface area contributed by atoms with Gasteiger partial charge in [0.2, 0.25) is 10.0 Å². The first kappa shape index (κ1) is 18.9. The van der Waals surface area contributed by atoms with Crippen molar-refractivity contribution in [3.8, 4) is 22.6 Å². The van der Waals surface area contributed by atoms with Crippen LogP contribution in [-0.2, 0) is 10.0 Å². The average molecular weight is 403 g/mol. The fraction of sp³-hybridized carbons (Fsp3) is 0.0526. The fourth-order valence-electron chi connectivity index (χ4n) is 2.36. The summed E-state index contributed by atoms with van der Waals surface area (Å²) in [7, 11) is -3.67. The number of ether oxygens (including phenoxy) is 1. The summed E-state index contributed by atoms with van der Waals surface area (Å²) in [6.45, 7) is 0. The molecular weight excluding hydrogens is 388 g/mol. The van der Waals surface area contributed by atoms with E-state index in [4.69, 9.17) is 16.3 Å². The van der Waals surface area contributed by atoms with Gasteiger partial charge in [0, 0.05) is 34.1 Å². The minimum Gasteiger partial charge on any atom is -0.457 e. The van der Waals surface area contributed by atoms with E-state index >= 15 is 0 Å². The van der Waals surface area contributed by atoms with Gasteiger partial charge in [0.25, 0.3) is 5.91 Å². The van der Waals surface area contributed by atoms with Crippen molar-refractivity contribution in [1.29, 1.82) is 0 Å². The first-order valence-corrected chi connectivity index (χ1v) is 10.1. The zero-order valence-electron chi connectivity index (χ0n) is 14.2. The molecule has 8 heteroatoms. The SMILES string of the molecule is CS(=O)(=O)NC(=O)c1ccc(Oc2ccc(Cl)cc2)c(-c2cccnc2)c1. The van der Waals surface area contributed by atoms with Gasteiger partial charge in [-0.15, -0.1) is 0 Å². The number of benzene rings is 2. The normalized spacial score (nSPS) is 11.0. The number of sulfonamides is 1. The zero-order chi connectivity index (χ0) is 19.4. The second kappa shape index (κ2) is 7.77. The fourth-order valence-corrected chi connectivity index (χ4v) is 2.95. The summed E-state index contributed by atoms with van der Waals surface area (Å²) < 4.78 is 30.5. The molecule has 0 aliphatic heterocycles. The molecule has 138 valence electrons. The van der Waals surface area contributed by atoms with Crippen molar-refractivity contribution in [3.05, 3.63) is 77.6 Å². The van der Waals surface area contributed by atoms with Crippen LogP contribution in [0.4, 0.5) is 0 Å². The molecule has 0 bridgehead atoms. The Balaban J connectivity index is 2.02. The van der Waals surface area contributed by atoms with Gasteiger partial charge in [0.15, 0.2) is 0 Å². The third-order valence-corrected chi connectivity index (χ3v) is 4.34. The molecule has 6 nitrogen and oxygen atoms in total. The van der Waals surface area contributed by atoms with Crippen LogP contribution < -0.4 is 9.46 Å². The molecule has 0 atom stereocenters. The maximum atomic E-state index is 12.2. The number of hydrogen-bond donors (Lipinski definition) is 1. The zero-order valence-corrected chi connectivity index (χ0v) is 15.8. The van der Waals surface area contributed by atoms with Crippen molar-refractivity contribution >= 4 is 27.5 Å². The number of amides is 1. The maximum absolute atomic E-state index is 12.2. The highest BCUT2D eigenvalue weighted by Gasteiger charge is 2.15. The Kier molecular flexibility index (Phi) is 5.43. The molecule has 0 radical (unpaired) electrons. The molecule has 3 rings (SSSR count).